The van der Waals surface area contributed by atoms with Gasteiger partial charge in [0.05, 0.1) is 6.54 Å². The van der Waals surface area contributed by atoms with Crippen LogP contribution >= 0.6 is 0 Å². The number of piperidine rings is 1. The van der Waals surface area contributed by atoms with Crippen molar-refractivity contribution in [2.45, 2.75) is 39.2 Å². The molecular formula is C16H26N4O2. The number of carbonyl (C=O) groups excluding carboxylic acids is 1. The monoisotopic (exact) mass is 306 g/mol. The quantitative estimate of drug-likeness (QED) is 0.832. The van der Waals surface area contributed by atoms with Crippen molar-refractivity contribution in [3.8, 4) is 5.88 Å². The molecule has 0 N–H and O–H groups in total. The minimum atomic E-state index is -0.0136. The van der Waals surface area contributed by atoms with Gasteiger partial charge in [0.1, 0.15) is 6.10 Å². The summed E-state index contributed by atoms with van der Waals surface area (Å²) in [4.78, 5) is 24.6. The summed E-state index contributed by atoms with van der Waals surface area (Å²) >= 11 is 0. The van der Waals surface area contributed by atoms with Gasteiger partial charge in [-0.05, 0) is 18.8 Å². The van der Waals surface area contributed by atoms with Crippen LogP contribution < -0.4 is 9.64 Å². The van der Waals surface area contributed by atoms with Crippen molar-refractivity contribution in [3.63, 3.8) is 0 Å². The van der Waals surface area contributed by atoms with Crippen LogP contribution in [0.1, 0.15) is 33.1 Å². The Bertz CT molecular complexity index is 505. The summed E-state index contributed by atoms with van der Waals surface area (Å²) in [6.45, 7) is 5.60. The molecule has 1 amide bonds. The number of aromatic nitrogens is 2. The molecule has 0 bridgehead atoms. The number of amides is 1. The molecule has 1 fully saturated rings. The van der Waals surface area contributed by atoms with E-state index in [9.17, 15) is 4.79 Å². The molecule has 122 valence electrons. The average Bonchev–Trinajstić information content (AvgIpc) is 2.47. The molecule has 1 atom stereocenters. The van der Waals surface area contributed by atoms with Crippen LogP contribution in [-0.2, 0) is 4.79 Å². The Morgan fingerprint density at radius 2 is 2.14 bits per heavy atom. The molecule has 0 spiro atoms. The van der Waals surface area contributed by atoms with E-state index >= 15 is 0 Å². The molecule has 0 saturated carbocycles. The maximum Gasteiger partial charge on any atom is 0.257 e. The zero-order valence-electron chi connectivity index (χ0n) is 14.0. The molecule has 22 heavy (non-hydrogen) atoms. The summed E-state index contributed by atoms with van der Waals surface area (Å²) in [6.07, 6.45) is 5.77. The SMILES string of the molecule is CC(C)CC(=O)N1CCCC(Oc2nccnc2N(C)C)C1. The molecular weight excluding hydrogens is 280 g/mol. The van der Waals surface area contributed by atoms with Crippen LogP contribution in [0.3, 0.4) is 0 Å². The molecule has 1 aromatic heterocycles. The predicted octanol–water partition coefficient (Wildman–Crippen LogP) is 1.96. The number of likely N-dealkylation sites (tertiary alicyclic amines) is 1. The van der Waals surface area contributed by atoms with E-state index in [1.54, 1.807) is 12.4 Å². The fourth-order valence-corrected chi connectivity index (χ4v) is 2.60. The van der Waals surface area contributed by atoms with Gasteiger partial charge in [-0.25, -0.2) is 9.97 Å². The highest BCUT2D eigenvalue weighted by molar-refractivity contribution is 5.76. The smallest absolute Gasteiger partial charge is 0.257 e. The van der Waals surface area contributed by atoms with E-state index in [2.05, 4.69) is 23.8 Å². The third kappa shape index (κ3) is 4.32. The maximum atomic E-state index is 12.2. The van der Waals surface area contributed by atoms with Crippen LogP contribution in [0.4, 0.5) is 5.82 Å². The van der Waals surface area contributed by atoms with Gasteiger partial charge in [-0.3, -0.25) is 4.79 Å². The number of anilines is 1. The lowest BCUT2D eigenvalue weighted by molar-refractivity contribution is -0.134. The molecule has 0 aliphatic carbocycles. The van der Waals surface area contributed by atoms with Crippen LogP contribution in [0.15, 0.2) is 12.4 Å². The van der Waals surface area contributed by atoms with Gasteiger partial charge in [0.25, 0.3) is 5.88 Å². The van der Waals surface area contributed by atoms with Crippen molar-refractivity contribution in [1.29, 1.82) is 0 Å². The fourth-order valence-electron chi connectivity index (χ4n) is 2.60. The van der Waals surface area contributed by atoms with Crippen molar-refractivity contribution in [2.24, 2.45) is 5.92 Å². The molecule has 1 aromatic rings. The highest BCUT2D eigenvalue weighted by atomic mass is 16.5. The summed E-state index contributed by atoms with van der Waals surface area (Å²) in [6, 6.07) is 0. The largest absolute Gasteiger partial charge is 0.470 e. The number of hydrogen-bond acceptors (Lipinski definition) is 5. The molecule has 1 unspecified atom stereocenters. The number of carbonyl (C=O) groups is 1. The van der Waals surface area contributed by atoms with Crippen LogP contribution in [-0.4, -0.2) is 54.1 Å². The molecule has 1 saturated heterocycles. The van der Waals surface area contributed by atoms with E-state index < -0.39 is 0 Å². The normalized spacial score (nSPS) is 18.4. The van der Waals surface area contributed by atoms with Gasteiger partial charge < -0.3 is 14.5 Å². The Balaban J connectivity index is 2.00. The first-order valence-electron chi connectivity index (χ1n) is 7.90. The van der Waals surface area contributed by atoms with E-state index in [1.807, 2.05) is 23.9 Å². The Morgan fingerprint density at radius 3 is 2.82 bits per heavy atom. The number of rotatable bonds is 5. The van der Waals surface area contributed by atoms with E-state index in [0.29, 0.717) is 30.6 Å². The highest BCUT2D eigenvalue weighted by Crippen LogP contribution is 2.24. The first kappa shape index (κ1) is 16.5. The first-order chi connectivity index (χ1) is 10.5. The Labute approximate surface area is 132 Å². The summed E-state index contributed by atoms with van der Waals surface area (Å²) in [7, 11) is 3.83. The van der Waals surface area contributed by atoms with Crippen molar-refractivity contribution in [2.75, 3.05) is 32.1 Å². The summed E-state index contributed by atoms with van der Waals surface area (Å²) < 4.78 is 6.02. The summed E-state index contributed by atoms with van der Waals surface area (Å²) in [5.41, 5.74) is 0. The van der Waals surface area contributed by atoms with Gasteiger partial charge in [0.2, 0.25) is 5.91 Å². The van der Waals surface area contributed by atoms with Crippen LogP contribution in [0.5, 0.6) is 5.88 Å². The second kappa shape index (κ2) is 7.42. The lowest BCUT2D eigenvalue weighted by Gasteiger charge is -2.33. The van der Waals surface area contributed by atoms with Crippen molar-refractivity contribution in [1.82, 2.24) is 14.9 Å². The highest BCUT2D eigenvalue weighted by Gasteiger charge is 2.26. The molecule has 6 nitrogen and oxygen atoms in total. The maximum absolute atomic E-state index is 12.2. The van der Waals surface area contributed by atoms with Crippen molar-refractivity contribution in [3.05, 3.63) is 12.4 Å². The molecule has 2 rings (SSSR count). The van der Waals surface area contributed by atoms with Gasteiger partial charge in [0, 0.05) is 39.5 Å². The Morgan fingerprint density at radius 1 is 1.41 bits per heavy atom. The Kier molecular flexibility index (Phi) is 5.57. The van der Waals surface area contributed by atoms with E-state index in [0.717, 1.165) is 19.4 Å². The van der Waals surface area contributed by atoms with Crippen molar-refractivity contribution >= 4 is 11.7 Å². The van der Waals surface area contributed by atoms with Crippen LogP contribution in [0.2, 0.25) is 0 Å². The molecule has 2 heterocycles. The third-order valence-corrected chi connectivity index (χ3v) is 3.66. The second-order valence-electron chi connectivity index (χ2n) is 6.40. The molecule has 1 aliphatic rings. The molecule has 6 heteroatoms. The first-order valence-corrected chi connectivity index (χ1v) is 7.90. The van der Waals surface area contributed by atoms with Crippen molar-refractivity contribution < 1.29 is 9.53 Å². The number of hydrogen-bond donors (Lipinski definition) is 0. The van der Waals surface area contributed by atoms with E-state index in [-0.39, 0.29) is 12.0 Å². The number of ether oxygens (including phenoxy) is 1. The van der Waals surface area contributed by atoms with Gasteiger partial charge in [0.15, 0.2) is 5.82 Å². The average molecular weight is 306 g/mol. The third-order valence-electron chi connectivity index (χ3n) is 3.66. The van der Waals surface area contributed by atoms with Crippen LogP contribution in [0.25, 0.3) is 0 Å². The summed E-state index contributed by atoms with van der Waals surface area (Å²) in [5.74, 6) is 1.85. The standard InChI is InChI=1S/C16H26N4O2/c1-12(2)10-14(21)20-9-5-6-13(11-20)22-16-15(19(3)4)17-7-8-18-16/h7-8,12-13H,5-6,9-11H2,1-4H3. The lowest BCUT2D eigenvalue weighted by atomic mass is 10.1. The summed E-state index contributed by atoms with van der Waals surface area (Å²) in [5, 5.41) is 0. The zero-order valence-corrected chi connectivity index (χ0v) is 14.0. The fraction of sp³-hybridized carbons (Fsp3) is 0.688. The van der Waals surface area contributed by atoms with E-state index in [1.165, 1.54) is 0 Å². The van der Waals surface area contributed by atoms with Gasteiger partial charge in [-0.15, -0.1) is 0 Å². The topological polar surface area (TPSA) is 58.6 Å². The molecule has 0 aromatic carbocycles. The second-order valence-corrected chi connectivity index (χ2v) is 6.40. The molecule has 1 aliphatic heterocycles. The van der Waals surface area contributed by atoms with Crippen LogP contribution in [0, 0.1) is 5.92 Å². The predicted molar refractivity (Wildman–Crippen MR) is 86.0 cm³/mol. The van der Waals surface area contributed by atoms with Gasteiger partial charge in [-0.2, -0.15) is 0 Å². The van der Waals surface area contributed by atoms with E-state index in [4.69, 9.17) is 4.74 Å². The van der Waals surface area contributed by atoms with Gasteiger partial charge >= 0.3 is 0 Å². The zero-order chi connectivity index (χ0) is 16.1. The Hall–Kier alpha value is -1.85. The van der Waals surface area contributed by atoms with Gasteiger partial charge in [-0.1, -0.05) is 13.8 Å². The number of nitrogens with zero attached hydrogens (tertiary/aromatic N) is 4. The minimum absolute atomic E-state index is 0.0136. The molecule has 0 radical (unpaired) electrons. The minimum Gasteiger partial charge on any atom is -0.470 e. The lowest BCUT2D eigenvalue weighted by Crippen LogP contribution is -2.44.